The number of hydrogen-bond acceptors (Lipinski definition) is 5. The van der Waals surface area contributed by atoms with Crippen LogP contribution < -0.4 is 0 Å². The molecule has 3 aromatic heterocycles. The van der Waals surface area contributed by atoms with Gasteiger partial charge >= 0.3 is 0 Å². The lowest BCUT2D eigenvalue weighted by Gasteiger charge is -2.26. The fourth-order valence-electron chi connectivity index (χ4n) is 3.45. The van der Waals surface area contributed by atoms with Gasteiger partial charge in [-0.3, -0.25) is 14.7 Å². The number of rotatable bonds is 4. The highest BCUT2D eigenvalue weighted by atomic mass is 16.3. The highest BCUT2D eigenvalue weighted by Crippen LogP contribution is 2.24. The summed E-state index contributed by atoms with van der Waals surface area (Å²) >= 11 is 0. The molecule has 0 saturated carbocycles. The summed E-state index contributed by atoms with van der Waals surface area (Å²) in [5, 5.41) is 22.8. The summed E-state index contributed by atoms with van der Waals surface area (Å²) in [5.41, 5.74) is 4.02. The van der Waals surface area contributed by atoms with Gasteiger partial charge in [-0.15, -0.1) is 0 Å². The number of aromatic nitrogens is 6. The van der Waals surface area contributed by atoms with E-state index < -0.39 is 6.10 Å². The molecule has 27 heavy (non-hydrogen) atoms. The fraction of sp³-hybridized carbons (Fsp3) is 0.526. The Morgan fingerprint density at radius 1 is 1.26 bits per heavy atom. The molecule has 8 heteroatoms. The molecule has 0 amide bonds. The number of imidazole rings is 1. The van der Waals surface area contributed by atoms with Crippen LogP contribution >= 0.6 is 0 Å². The molecule has 0 radical (unpaired) electrons. The second-order valence-corrected chi connectivity index (χ2v) is 8.32. The minimum absolute atomic E-state index is 0.0469. The van der Waals surface area contributed by atoms with Crippen LogP contribution in [0.15, 0.2) is 24.5 Å². The van der Waals surface area contributed by atoms with Crippen molar-refractivity contribution >= 4 is 0 Å². The van der Waals surface area contributed by atoms with Gasteiger partial charge in [0.1, 0.15) is 5.82 Å². The first-order valence-electron chi connectivity index (χ1n) is 9.30. The second kappa shape index (κ2) is 6.61. The Balaban J connectivity index is 1.47. The van der Waals surface area contributed by atoms with E-state index in [9.17, 15) is 5.11 Å². The predicted octanol–water partition coefficient (Wildman–Crippen LogP) is 1.73. The Bertz CT molecular complexity index is 930. The zero-order chi connectivity index (χ0) is 19.2. The molecule has 144 valence electrons. The van der Waals surface area contributed by atoms with Crippen molar-refractivity contribution in [3.63, 3.8) is 0 Å². The van der Waals surface area contributed by atoms with Gasteiger partial charge in [0, 0.05) is 50.2 Å². The molecule has 8 nitrogen and oxygen atoms in total. The van der Waals surface area contributed by atoms with Crippen LogP contribution in [0.1, 0.15) is 55.5 Å². The van der Waals surface area contributed by atoms with Gasteiger partial charge in [0.15, 0.2) is 6.10 Å². The van der Waals surface area contributed by atoms with E-state index in [-0.39, 0.29) is 5.41 Å². The summed E-state index contributed by atoms with van der Waals surface area (Å²) in [6.45, 7) is 9.84. The highest BCUT2D eigenvalue weighted by molar-refractivity contribution is 5.20. The van der Waals surface area contributed by atoms with E-state index in [1.807, 2.05) is 28.6 Å². The first-order valence-corrected chi connectivity index (χ1v) is 9.30. The molecular weight excluding hydrogens is 342 g/mol. The van der Waals surface area contributed by atoms with Crippen LogP contribution in [0.4, 0.5) is 0 Å². The van der Waals surface area contributed by atoms with E-state index in [0.29, 0.717) is 11.5 Å². The van der Waals surface area contributed by atoms with Gasteiger partial charge in [-0.2, -0.15) is 10.2 Å². The number of H-pyrrole nitrogens is 1. The molecule has 0 fully saturated rings. The maximum absolute atomic E-state index is 10.6. The van der Waals surface area contributed by atoms with Crippen molar-refractivity contribution in [1.29, 1.82) is 0 Å². The van der Waals surface area contributed by atoms with Crippen LogP contribution in [0, 0.1) is 0 Å². The summed E-state index contributed by atoms with van der Waals surface area (Å²) in [4.78, 5) is 6.60. The lowest BCUT2D eigenvalue weighted by atomic mass is 9.92. The van der Waals surface area contributed by atoms with Crippen LogP contribution in [-0.4, -0.2) is 46.1 Å². The molecule has 4 rings (SSSR count). The van der Waals surface area contributed by atoms with E-state index in [1.54, 1.807) is 6.20 Å². The molecule has 1 aliphatic rings. The smallest absolute Gasteiger partial charge is 0.155 e. The summed E-state index contributed by atoms with van der Waals surface area (Å²) in [5.74, 6) is 0.606. The van der Waals surface area contributed by atoms with Gasteiger partial charge in [-0.05, 0) is 12.1 Å². The Hall–Kier alpha value is -2.45. The molecule has 0 saturated heterocycles. The Morgan fingerprint density at radius 2 is 2.07 bits per heavy atom. The fourth-order valence-corrected chi connectivity index (χ4v) is 3.45. The lowest BCUT2D eigenvalue weighted by molar-refractivity contribution is 0.193. The Kier molecular flexibility index (Phi) is 4.39. The molecule has 0 aliphatic carbocycles. The van der Waals surface area contributed by atoms with Crippen molar-refractivity contribution < 1.29 is 5.11 Å². The minimum Gasteiger partial charge on any atom is -0.379 e. The average Bonchev–Trinajstić information content (AvgIpc) is 3.32. The SMILES string of the molecule is Cn1ccnc1[C@H](O)c1cc2n(n1)CCN(Cc1cc(C(C)(C)C)n[nH]1)C2. The van der Waals surface area contributed by atoms with Crippen molar-refractivity contribution in [1.82, 2.24) is 34.4 Å². The molecule has 2 N–H and O–H groups in total. The second-order valence-electron chi connectivity index (χ2n) is 8.32. The van der Waals surface area contributed by atoms with Crippen molar-refractivity contribution in [2.45, 2.75) is 51.9 Å². The zero-order valence-electron chi connectivity index (χ0n) is 16.3. The average molecular weight is 369 g/mol. The van der Waals surface area contributed by atoms with E-state index in [2.05, 4.69) is 52.0 Å². The summed E-state index contributed by atoms with van der Waals surface area (Å²) < 4.78 is 3.81. The van der Waals surface area contributed by atoms with Crippen molar-refractivity contribution in [2.24, 2.45) is 7.05 Å². The predicted molar refractivity (Wildman–Crippen MR) is 101 cm³/mol. The molecule has 4 heterocycles. The maximum atomic E-state index is 10.6. The number of fused-ring (bicyclic) bond motifs is 1. The highest BCUT2D eigenvalue weighted by Gasteiger charge is 2.24. The summed E-state index contributed by atoms with van der Waals surface area (Å²) in [7, 11) is 1.87. The lowest BCUT2D eigenvalue weighted by Crippen LogP contribution is -2.33. The number of aromatic amines is 1. The van der Waals surface area contributed by atoms with Crippen molar-refractivity contribution in [2.75, 3.05) is 6.54 Å². The van der Waals surface area contributed by atoms with E-state index in [4.69, 9.17) is 0 Å². The third-order valence-electron chi connectivity index (χ3n) is 5.07. The standard InChI is InChI=1S/C19H27N7O/c1-19(2,3)16-9-13(21-22-16)11-25-7-8-26-14(12-25)10-15(23-26)17(27)18-20-5-6-24(18)4/h5-6,9-10,17,27H,7-8,11-12H2,1-4H3,(H,21,22)/t17-/m1/s1. The molecule has 3 aromatic rings. The molecule has 1 atom stereocenters. The van der Waals surface area contributed by atoms with Crippen molar-refractivity contribution in [3.8, 4) is 0 Å². The van der Waals surface area contributed by atoms with Gasteiger partial charge in [0.2, 0.25) is 0 Å². The first kappa shape index (κ1) is 17.9. The number of aliphatic hydroxyl groups excluding tert-OH is 1. The largest absolute Gasteiger partial charge is 0.379 e. The van der Waals surface area contributed by atoms with E-state index >= 15 is 0 Å². The summed E-state index contributed by atoms with van der Waals surface area (Å²) in [6, 6.07) is 4.14. The van der Waals surface area contributed by atoms with Crippen LogP contribution in [0.3, 0.4) is 0 Å². The third-order valence-corrected chi connectivity index (χ3v) is 5.07. The van der Waals surface area contributed by atoms with Gasteiger partial charge in [-0.1, -0.05) is 20.8 Å². The van der Waals surface area contributed by atoms with Crippen molar-refractivity contribution in [3.05, 3.63) is 53.1 Å². The van der Waals surface area contributed by atoms with E-state index in [0.717, 1.165) is 43.3 Å². The van der Waals surface area contributed by atoms with Gasteiger partial charge < -0.3 is 9.67 Å². The minimum atomic E-state index is -0.807. The topological polar surface area (TPSA) is 87.8 Å². The van der Waals surface area contributed by atoms with Gasteiger partial charge in [0.25, 0.3) is 0 Å². The molecule has 0 aromatic carbocycles. The number of nitrogens with one attached hydrogen (secondary N) is 1. The molecule has 0 bridgehead atoms. The van der Waals surface area contributed by atoms with Crippen LogP contribution in [0.2, 0.25) is 0 Å². The molecule has 0 unspecified atom stereocenters. The normalized spacial score (nSPS) is 16.5. The molecule has 0 spiro atoms. The first-order chi connectivity index (χ1) is 12.8. The number of nitrogens with zero attached hydrogens (tertiary/aromatic N) is 6. The van der Waals surface area contributed by atoms with Gasteiger partial charge in [-0.25, -0.2) is 4.98 Å². The number of hydrogen-bond donors (Lipinski definition) is 2. The van der Waals surface area contributed by atoms with Gasteiger partial charge in [0.05, 0.1) is 23.6 Å². The number of aryl methyl sites for hydroxylation is 1. The Labute approximate surface area is 158 Å². The van der Waals surface area contributed by atoms with Crippen LogP contribution in [0.5, 0.6) is 0 Å². The van der Waals surface area contributed by atoms with Crippen LogP contribution in [-0.2, 0) is 32.1 Å². The van der Waals surface area contributed by atoms with Crippen LogP contribution in [0.25, 0.3) is 0 Å². The molecule has 1 aliphatic heterocycles. The van der Waals surface area contributed by atoms with E-state index in [1.165, 1.54) is 0 Å². The number of aliphatic hydroxyl groups is 1. The summed E-state index contributed by atoms with van der Waals surface area (Å²) in [6.07, 6.45) is 2.71. The third kappa shape index (κ3) is 3.54. The quantitative estimate of drug-likeness (QED) is 0.731. The Morgan fingerprint density at radius 3 is 2.74 bits per heavy atom. The maximum Gasteiger partial charge on any atom is 0.155 e. The zero-order valence-corrected chi connectivity index (χ0v) is 16.3. The monoisotopic (exact) mass is 369 g/mol. The molecular formula is C19H27N7O.